The topological polar surface area (TPSA) is 41.1 Å². The first-order chi connectivity index (χ1) is 11.1. The van der Waals surface area contributed by atoms with Gasteiger partial charge in [0.15, 0.2) is 0 Å². The van der Waals surface area contributed by atoms with Gasteiger partial charge in [0.05, 0.1) is 5.54 Å². The van der Waals surface area contributed by atoms with Crippen molar-refractivity contribution in [2.75, 3.05) is 0 Å². The molecule has 1 atom stereocenters. The van der Waals surface area contributed by atoms with Crippen LogP contribution in [0.2, 0.25) is 0 Å². The van der Waals surface area contributed by atoms with Crippen LogP contribution in [-0.2, 0) is 12.0 Å². The number of aryl methyl sites for hydroxylation is 1. The maximum atomic E-state index is 12.3. The Labute approximate surface area is 144 Å². The third-order valence-electron chi connectivity index (χ3n) is 4.35. The number of nitrogens with one attached hydrogen (secondary N) is 2. The Morgan fingerprint density at radius 1 is 1.26 bits per heavy atom. The summed E-state index contributed by atoms with van der Waals surface area (Å²) in [5.74, 6) is -0.125. The Hall–Kier alpha value is -1.91. The molecule has 0 spiro atoms. The smallest absolute Gasteiger partial charge is 0.265 e. The Kier molecular flexibility index (Phi) is 4.64. The number of hydrogen-bond donors (Lipinski definition) is 2. The van der Waals surface area contributed by atoms with Crippen molar-refractivity contribution in [1.82, 2.24) is 10.9 Å². The lowest BCUT2D eigenvalue weighted by Gasteiger charge is -2.31. The van der Waals surface area contributed by atoms with Crippen molar-refractivity contribution < 1.29 is 4.79 Å². The van der Waals surface area contributed by atoms with E-state index in [1.165, 1.54) is 11.1 Å². The van der Waals surface area contributed by atoms with Crippen LogP contribution in [0.15, 0.2) is 65.7 Å². The SMILES string of the molecule is C=CCC1(NNC(=O)c2ccccc2)CCc2cc(Br)ccc21. The normalized spacial score (nSPS) is 19.2. The summed E-state index contributed by atoms with van der Waals surface area (Å²) >= 11 is 3.52. The molecular formula is C19H19BrN2O. The van der Waals surface area contributed by atoms with Gasteiger partial charge in [-0.1, -0.05) is 46.3 Å². The molecular weight excluding hydrogens is 352 g/mol. The molecule has 3 nitrogen and oxygen atoms in total. The van der Waals surface area contributed by atoms with Gasteiger partial charge in [0.25, 0.3) is 5.91 Å². The van der Waals surface area contributed by atoms with Gasteiger partial charge in [-0.25, -0.2) is 5.43 Å². The van der Waals surface area contributed by atoms with Gasteiger partial charge < -0.3 is 0 Å². The molecule has 2 aromatic rings. The monoisotopic (exact) mass is 370 g/mol. The first kappa shape index (κ1) is 16.0. The first-order valence-electron chi connectivity index (χ1n) is 7.67. The fraction of sp³-hybridized carbons (Fsp3) is 0.211. The van der Waals surface area contributed by atoms with E-state index in [4.69, 9.17) is 0 Å². The number of carbonyl (C=O) groups is 1. The van der Waals surface area contributed by atoms with Gasteiger partial charge in [0, 0.05) is 10.0 Å². The molecule has 23 heavy (non-hydrogen) atoms. The highest BCUT2D eigenvalue weighted by Crippen LogP contribution is 2.40. The Morgan fingerprint density at radius 3 is 2.78 bits per heavy atom. The van der Waals surface area contributed by atoms with E-state index in [-0.39, 0.29) is 11.4 Å². The zero-order chi connectivity index (χ0) is 16.3. The summed E-state index contributed by atoms with van der Waals surface area (Å²) in [5, 5.41) is 0. The molecule has 2 N–H and O–H groups in total. The molecule has 4 heteroatoms. The quantitative estimate of drug-likeness (QED) is 0.614. The number of halogens is 1. The summed E-state index contributed by atoms with van der Waals surface area (Å²) in [7, 11) is 0. The molecule has 1 aliphatic rings. The fourth-order valence-electron chi connectivity index (χ4n) is 3.20. The summed E-state index contributed by atoms with van der Waals surface area (Å²) in [4.78, 5) is 12.3. The molecule has 118 valence electrons. The number of rotatable bonds is 5. The van der Waals surface area contributed by atoms with E-state index in [9.17, 15) is 4.79 Å². The highest BCUT2D eigenvalue weighted by Gasteiger charge is 2.38. The van der Waals surface area contributed by atoms with Crippen LogP contribution in [0.3, 0.4) is 0 Å². The minimum absolute atomic E-state index is 0.125. The number of benzene rings is 2. The van der Waals surface area contributed by atoms with Crippen molar-refractivity contribution >= 4 is 21.8 Å². The third kappa shape index (κ3) is 3.23. The van der Waals surface area contributed by atoms with Crippen LogP contribution in [0.5, 0.6) is 0 Å². The highest BCUT2D eigenvalue weighted by molar-refractivity contribution is 9.10. The minimum Gasteiger partial charge on any atom is -0.287 e. The second-order valence-corrected chi connectivity index (χ2v) is 6.74. The second-order valence-electron chi connectivity index (χ2n) is 5.82. The lowest BCUT2D eigenvalue weighted by Crippen LogP contribution is -2.50. The van der Waals surface area contributed by atoms with Crippen molar-refractivity contribution in [3.05, 3.63) is 82.3 Å². The predicted molar refractivity (Wildman–Crippen MR) is 96.0 cm³/mol. The Bertz CT molecular complexity index is 729. The summed E-state index contributed by atoms with van der Waals surface area (Å²) in [6.07, 6.45) is 4.58. The predicted octanol–water partition coefficient (Wildman–Crippen LogP) is 4.10. The van der Waals surface area contributed by atoms with Crippen LogP contribution in [-0.4, -0.2) is 5.91 Å². The van der Waals surface area contributed by atoms with E-state index in [0.717, 1.165) is 23.7 Å². The van der Waals surface area contributed by atoms with Gasteiger partial charge >= 0.3 is 0 Å². The van der Waals surface area contributed by atoms with Crippen LogP contribution < -0.4 is 10.9 Å². The van der Waals surface area contributed by atoms with Gasteiger partial charge in [-0.05, 0) is 54.7 Å². The van der Waals surface area contributed by atoms with Crippen molar-refractivity contribution in [1.29, 1.82) is 0 Å². The zero-order valence-corrected chi connectivity index (χ0v) is 14.4. The largest absolute Gasteiger partial charge is 0.287 e. The van der Waals surface area contributed by atoms with Gasteiger partial charge in [-0.15, -0.1) is 6.58 Å². The van der Waals surface area contributed by atoms with E-state index >= 15 is 0 Å². The molecule has 0 aromatic heterocycles. The highest BCUT2D eigenvalue weighted by atomic mass is 79.9. The molecule has 1 amide bonds. The van der Waals surface area contributed by atoms with Crippen LogP contribution in [0.25, 0.3) is 0 Å². The van der Waals surface area contributed by atoms with Gasteiger partial charge in [-0.2, -0.15) is 0 Å². The average Bonchev–Trinajstić information content (AvgIpc) is 2.92. The number of amides is 1. The second kappa shape index (κ2) is 6.69. The molecule has 0 saturated heterocycles. The molecule has 0 heterocycles. The molecule has 0 aliphatic heterocycles. The summed E-state index contributed by atoms with van der Waals surface area (Å²) in [5.41, 5.74) is 9.05. The van der Waals surface area contributed by atoms with Crippen molar-refractivity contribution in [2.45, 2.75) is 24.8 Å². The standard InChI is InChI=1S/C19H19BrN2O/c1-2-11-19(12-10-15-13-16(20)8-9-17(15)19)22-21-18(23)14-6-4-3-5-7-14/h2-9,13,22H,1,10-12H2,(H,21,23). The molecule has 1 aliphatic carbocycles. The minimum atomic E-state index is -0.289. The Morgan fingerprint density at radius 2 is 2.04 bits per heavy atom. The van der Waals surface area contributed by atoms with Gasteiger partial charge in [0.1, 0.15) is 0 Å². The summed E-state index contributed by atoms with van der Waals surface area (Å²) in [6.45, 7) is 3.88. The molecule has 0 fully saturated rings. The van der Waals surface area contributed by atoms with E-state index in [2.05, 4.69) is 45.5 Å². The molecule has 0 bridgehead atoms. The molecule has 0 radical (unpaired) electrons. The molecule has 3 rings (SSSR count). The number of hydrazine groups is 1. The number of fused-ring (bicyclic) bond motifs is 1. The molecule has 0 saturated carbocycles. The molecule has 1 unspecified atom stereocenters. The van der Waals surface area contributed by atoms with Crippen molar-refractivity contribution in [2.24, 2.45) is 0 Å². The Balaban J connectivity index is 1.81. The van der Waals surface area contributed by atoms with Crippen LogP contribution >= 0.6 is 15.9 Å². The first-order valence-corrected chi connectivity index (χ1v) is 8.46. The van der Waals surface area contributed by atoms with Crippen LogP contribution in [0, 0.1) is 0 Å². The summed E-state index contributed by atoms with van der Waals surface area (Å²) in [6, 6.07) is 15.5. The summed E-state index contributed by atoms with van der Waals surface area (Å²) < 4.78 is 1.08. The van der Waals surface area contributed by atoms with E-state index in [0.29, 0.717) is 5.56 Å². The lowest BCUT2D eigenvalue weighted by atomic mass is 9.89. The lowest BCUT2D eigenvalue weighted by molar-refractivity contribution is 0.0902. The van der Waals surface area contributed by atoms with Crippen LogP contribution in [0.1, 0.15) is 34.3 Å². The van der Waals surface area contributed by atoms with E-state index in [1.54, 1.807) is 12.1 Å². The van der Waals surface area contributed by atoms with E-state index < -0.39 is 0 Å². The van der Waals surface area contributed by atoms with E-state index in [1.807, 2.05) is 30.3 Å². The zero-order valence-electron chi connectivity index (χ0n) is 12.8. The number of carbonyl (C=O) groups excluding carboxylic acids is 1. The fourth-order valence-corrected chi connectivity index (χ4v) is 3.60. The average molecular weight is 371 g/mol. The van der Waals surface area contributed by atoms with Gasteiger partial charge in [-0.3, -0.25) is 10.2 Å². The van der Waals surface area contributed by atoms with Crippen molar-refractivity contribution in [3.63, 3.8) is 0 Å². The maximum absolute atomic E-state index is 12.3. The maximum Gasteiger partial charge on any atom is 0.265 e. The molecule has 2 aromatic carbocycles. The van der Waals surface area contributed by atoms with Gasteiger partial charge in [0.2, 0.25) is 0 Å². The third-order valence-corrected chi connectivity index (χ3v) is 4.84. The van der Waals surface area contributed by atoms with Crippen molar-refractivity contribution in [3.8, 4) is 0 Å². The van der Waals surface area contributed by atoms with Crippen LogP contribution in [0.4, 0.5) is 0 Å². The number of hydrogen-bond acceptors (Lipinski definition) is 2.